The third kappa shape index (κ3) is 7.77. The summed E-state index contributed by atoms with van der Waals surface area (Å²) in [5.74, 6) is -1.26. The van der Waals surface area contributed by atoms with Crippen molar-refractivity contribution in [3.63, 3.8) is 0 Å². The monoisotopic (exact) mass is 581 g/mol. The van der Waals surface area contributed by atoms with Crippen molar-refractivity contribution in [1.82, 2.24) is 4.98 Å². The fourth-order valence-electron chi connectivity index (χ4n) is 3.44. The van der Waals surface area contributed by atoms with Crippen LogP contribution in [0.1, 0.15) is 32.6 Å². The number of benzene rings is 1. The molecule has 186 valence electrons. The second-order valence-electron chi connectivity index (χ2n) is 7.89. The minimum absolute atomic E-state index is 0.118. The maximum absolute atomic E-state index is 13.2. The highest BCUT2D eigenvalue weighted by Crippen LogP contribution is 2.36. The first kappa shape index (κ1) is 26.6. The lowest BCUT2D eigenvalue weighted by molar-refractivity contribution is -0.274. The molecule has 3 rings (SSSR count). The van der Waals surface area contributed by atoms with Crippen LogP contribution < -0.4 is 15.0 Å². The number of hydrogen-bond acceptors (Lipinski definition) is 6. The number of halogens is 4. The Hall–Kier alpha value is -1.99. The van der Waals surface area contributed by atoms with E-state index in [0.717, 1.165) is 29.9 Å². The number of carboxylic acids is 1. The predicted octanol–water partition coefficient (Wildman–Crippen LogP) is 6.85. The zero-order valence-electron chi connectivity index (χ0n) is 18.1. The number of urea groups is 1. The normalized spacial score (nSPS) is 15.2. The van der Waals surface area contributed by atoms with E-state index >= 15 is 0 Å². The van der Waals surface area contributed by atoms with Gasteiger partial charge in [0.2, 0.25) is 0 Å². The number of hydrogen-bond donors (Lipinski definition) is 2. The molecule has 0 bridgehead atoms. The molecule has 1 aliphatic rings. The van der Waals surface area contributed by atoms with E-state index in [4.69, 9.17) is 5.11 Å². The molecule has 2 aromatic rings. The molecular formula is C21H23BrF3N3O4S2. The largest absolute Gasteiger partial charge is 0.573 e. The highest BCUT2D eigenvalue weighted by molar-refractivity contribution is 9.10. The molecule has 1 aliphatic carbocycles. The number of anilines is 2. The van der Waals surface area contributed by atoms with Crippen LogP contribution in [0.2, 0.25) is 0 Å². The summed E-state index contributed by atoms with van der Waals surface area (Å²) in [6, 6.07) is 3.63. The van der Waals surface area contributed by atoms with Gasteiger partial charge < -0.3 is 9.84 Å². The van der Waals surface area contributed by atoms with E-state index in [2.05, 4.69) is 31.0 Å². The summed E-state index contributed by atoms with van der Waals surface area (Å²) in [7, 11) is 0. The van der Waals surface area contributed by atoms with Crippen molar-refractivity contribution in [3.05, 3.63) is 28.9 Å². The van der Waals surface area contributed by atoms with Crippen LogP contribution in [-0.2, 0) is 4.79 Å². The van der Waals surface area contributed by atoms with Crippen LogP contribution in [-0.4, -0.2) is 40.8 Å². The first-order chi connectivity index (χ1) is 16.0. The number of carboxylic acid groups (broad SMARTS) is 1. The minimum Gasteiger partial charge on any atom is -0.481 e. The van der Waals surface area contributed by atoms with Gasteiger partial charge in [0.1, 0.15) is 5.75 Å². The zero-order valence-corrected chi connectivity index (χ0v) is 21.3. The van der Waals surface area contributed by atoms with Crippen LogP contribution in [0.4, 0.5) is 28.8 Å². The van der Waals surface area contributed by atoms with E-state index < -0.39 is 30.0 Å². The summed E-state index contributed by atoms with van der Waals surface area (Å²) < 4.78 is 43.4. The number of nitrogens with zero attached hydrogens (tertiary/aromatic N) is 2. The number of carbonyl (C=O) groups is 2. The van der Waals surface area contributed by atoms with Gasteiger partial charge in [0.05, 0.1) is 20.8 Å². The molecule has 1 atom stereocenters. The molecule has 0 saturated heterocycles. The molecule has 0 spiro atoms. The Morgan fingerprint density at radius 3 is 2.74 bits per heavy atom. The minimum atomic E-state index is -4.87. The Morgan fingerprint density at radius 1 is 1.38 bits per heavy atom. The second-order valence-corrected chi connectivity index (χ2v) is 11.1. The number of amides is 2. The van der Waals surface area contributed by atoms with Crippen molar-refractivity contribution >= 4 is 61.8 Å². The SMILES string of the molecule is CC(CSc1cnc(NC(=O)N(CC2CCCC2)c2ccc(Br)c(OC(F)(F)F)c2)s1)C(=O)O. The van der Waals surface area contributed by atoms with Gasteiger partial charge in [-0.3, -0.25) is 15.0 Å². The van der Waals surface area contributed by atoms with Gasteiger partial charge in [-0.25, -0.2) is 9.78 Å². The lowest BCUT2D eigenvalue weighted by Crippen LogP contribution is -2.38. The number of alkyl halides is 3. The van der Waals surface area contributed by atoms with Crippen molar-refractivity contribution in [3.8, 4) is 5.75 Å². The summed E-state index contributed by atoms with van der Waals surface area (Å²) in [4.78, 5) is 29.7. The summed E-state index contributed by atoms with van der Waals surface area (Å²) in [5, 5.41) is 12.0. The smallest absolute Gasteiger partial charge is 0.481 e. The van der Waals surface area contributed by atoms with E-state index in [-0.39, 0.29) is 16.1 Å². The summed E-state index contributed by atoms with van der Waals surface area (Å²) in [6.07, 6.45) is 0.649. The molecule has 1 saturated carbocycles. The highest BCUT2D eigenvalue weighted by atomic mass is 79.9. The van der Waals surface area contributed by atoms with E-state index in [9.17, 15) is 22.8 Å². The molecule has 0 aliphatic heterocycles. The predicted molar refractivity (Wildman–Crippen MR) is 129 cm³/mol. The van der Waals surface area contributed by atoms with Crippen molar-refractivity contribution in [2.45, 2.75) is 43.2 Å². The number of thioether (sulfide) groups is 1. The van der Waals surface area contributed by atoms with E-state index in [0.29, 0.717) is 17.4 Å². The molecular weight excluding hydrogens is 559 g/mol. The average molecular weight is 582 g/mol. The first-order valence-electron chi connectivity index (χ1n) is 10.5. The fraction of sp³-hybridized carbons (Fsp3) is 0.476. The van der Waals surface area contributed by atoms with E-state index in [1.807, 2.05) is 0 Å². The summed E-state index contributed by atoms with van der Waals surface area (Å²) >= 11 is 5.59. The third-order valence-electron chi connectivity index (χ3n) is 5.21. The molecule has 1 heterocycles. The zero-order chi connectivity index (χ0) is 24.9. The van der Waals surface area contributed by atoms with Gasteiger partial charge in [-0.05, 0) is 46.8 Å². The van der Waals surface area contributed by atoms with Crippen LogP contribution in [0.3, 0.4) is 0 Å². The molecule has 2 amide bonds. The Kier molecular flexibility index (Phi) is 9.10. The van der Waals surface area contributed by atoms with Crippen LogP contribution >= 0.6 is 39.0 Å². The molecule has 1 fully saturated rings. The van der Waals surface area contributed by atoms with Crippen LogP contribution in [0.15, 0.2) is 33.1 Å². The van der Waals surface area contributed by atoms with Gasteiger partial charge in [-0.2, -0.15) is 0 Å². The van der Waals surface area contributed by atoms with Gasteiger partial charge in [0.25, 0.3) is 0 Å². The van der Waals surface area contributed by atoms with E-state index in [1.54, 1.807) is 19.2 Å². The lowest BCUT2D eigenvalue weighted by atomic mass is 10.1. The number of aromatic nitrogens is 1. The number of carbonyl (C=O) groups excluding carboxylic acids is 1. The quantitative estimate of drug-likeness (QED) is 0.315. The molecule has 13 heteroatoms. The average Bonchev–Trinajstić information content (AvgIpc) is 3.43. The molecule has 34 heavy (non-hydrogen) atoms. The second kappa shape index (κ2) is 11.6. The van der Waals surface area contributed by atoms with Crippen LogP contribution in [0.25, 0.3) is 0 Å². The number of ether oxygens (including phenoxy) is 1. The Labute approximate surface area is 211 Å². The fourth-order valence-corrected chi connectivity index (χ4v) is 5.67. The third-order valence-corrected chi connectivity index (χ3v) is 8.23. The molecule has 1 aromatic carbocycles. The molecule has 1 aromatic heterocycles. The number of rotatable bonds is 9. The Balaban J connectivity index is 1.76. The maximum atomic E-state index is 13.2. The van der Waals surface area contributed by atoms with Crippen molar-refractivity contribution in [1.29, 1.82) is 0 Å². The Morgan fingerprint density at radius 2 is 2.09 bits per heavy atom. The van der Waals surface area contributed by atoms with Crippen LogP contribution in [0.5, 0.6) is 5.75 Å². The first-order valence-corrected chi connectivity index (χ1v) is 13.1. The standard InChI is InChI=1S/C21H23BrF3N3O4S2/c1-12(18(29)30)11-33-17-9-26-19(34-17)27-20(31)28(10-13-4-2-3-5-13)14-6-7-15(22)16(8-14)32-21(23,24)25/h6-9,12-13H,2-5,10-11H2,1H3,(H,29,30)(H,26,27,31). The summed E-state index contributed by atoms with van der Waals surface area (Å²) in [5.41, 5.74) is 0.272. The van der Waals surface area contributed by atoms with Gasteiger partial charge in [0.15, 0.2) is 5.13 Å². The summed E-state index contributed by atoms with van der Waals surface area (Å²) in [6.45, 7) is 1.96. The van der Waals surface area contributed by atoms with Crippen LogP contribution in [0, 0.1) is 11.8 Å². The number of aliphatic carboxylic acids is 1. The van der Waals surface area contributed by atoms with Crippen molar-refractivity contribution in [2.75, 3.05) is 22.5 Å². The van der Waals surface area contributed by atoms with Gasteiger partial charge in [-0.1, -0.05) is 31.1 Å². The van der Waals surface area contributed by atoms with Gasteiger partial charge in [-0.15, -0.1) is 24.9 Å². The maximum Gasteiger partial charge on any atom is 0.573 e. The molecule has 7 nitrogen and oxygen atoms in total. The number of nitrogens with one attached hydrogen (secondary N) is 1. The lowest BCUT2D eigenvalue weighted by Gasteiger charge is -2.26. The molecule has 0 radical (unpaired) electrons. The topological polar surface area (TPSA) is 91.8 Å². The Bertz CT molecular complexity index is 1020. The van der Waals surface area contributed by atoms with E-state index in [1.165, 1.54) is 40.1 Å². The van der Waals surface area contributed by atoms with Gasteiger partial charge >= 0.3 is 18.4 Å². The van der Waals surface area contributed by atoms with Gasteiger partial charge in [0, 0.05) is 24.1 Å². The molecule has 1 unspecified atom stereocenters. The number of thiazole rings is 1. The van der Waals surface area contributed by atoms with Crippen molar-refractivity contribution in [2.24, 2.45) is 11.8 Å². The van der Waals surface area contributed by atoms with Crippen molar-refractivity contribution < 1.29 is 32.6 Å². The molecule has 2 N–H and O–H groups in total. The highest BCUT2D eigenvalue weighted by Gasteiger charge is 2.33.